The molecule has 1 aromatic rings. The molecule has 0 amide bonds. The Labute approximate surface area is 80.4 Å². The SMILES string of the molecule is Cc1nc(N)nc(C(=O)O)c1CCO. The summed E-state index contributed by atoms with van der Waals surface area (Å²) in [6.45, 7) is 1.49. The van der Waals surface area contributed by atoms with Crippen LogP contribution in [0.5, 0.6) is 0 Å². The molecule has 0 unspecified atom stereocenters. The zero-order chi connectivity index (χ0) is 10.7. The largest absolute Gasteiger partial charge is 0.476 e. The molecule has 0 fully saturated rings. The highest BCUT2D eigenvalue weighted by molar-refractivity contribution is 5.87. The van der Waals surface area contributed by atoms with Crippen LogP contribution in [0.3, 0.4) is 0 Å². The van der Waals surface area contributed by atoms with Gasteiger partial charge in [-0.25, -0.2) is 14.8 Å². The van der Waals surface area contributed by atoms with Crippen molar-refractivity contribution >= 4 is 11.9 Å². The molecule has 0 saturated carbocycles. The molecular formula is C8H11N3O3. The van der Waals surface area contributed by atoms with E-state index in [4.69, 9.17) is 15.9 Å². The van der Waals surface area contributed by atoms with Crippen molar-refractivity contribution in [1.82, 2.24) is 9.97 Å². The number of aliphatic hydroxyl groups excluding tert-OH is 1. The first kappa shape index (κ1) is 10.4. The number of aromatic carboxylic acids is 1. The molecule has 1 rings (SSSR count). The fourth-order valence-electron chi connectivity index (χ4n) is 1.21. The van der Waals surface area contributed by atoms with Crippen molar-refractivity contribution in [3.63, 3.8) is 0 Å². The average Bonchev–Trinajstić information content (AvgIpc) is 2.09. The number of carboxylic acid groups (broad SMARTS) is 1. The molecule has 0 aliphatic rings. The number of aryl methyl sites for hydroxylation is 1. The van der Waals surface area contributed by atoms with Crippen molar-refractivity contribution in [3.05, 3.63) is 17.0 Å². The van der Waals surface area contributed by atoms with Crippen molar-refractivity contribution in [1.29, 1.82) is 0 Å². The molecule has 6 nitrogen and oxygen atoms in total. The van der Waals surface area contributed by atoms with Crippen LogP contribution in [0.15, 0.2) is 0 Å². The van der Waals surface area contributed by atoms with Gasteiger partial charge in [0.1, 0.15) is 0 Å². The summed E-state index contributed by atoms with van der Waals surface area (Å²) in [5.74, 6) is -1.23. The molecule has 0 bridgehead atoms. The molecule has 0 aliphatic carbocycles. The second-order valence-corrected chi connectivity index (χ2v) is 2.77. The van der Waals surface area contributed by atoms with E-state index < -0.39 is 5.97 Å². The lowest BCUT2D eigenvalue weighted by Crippen LogP contribution is -2.13. The van der Waals surface area contributed by atoms with Gasteiger partial charge in [-0.05, 0) is 13.3 Å². The number of hydrogen-bond acceptors (Lipinski definition) is 5. The van der Waals surface area contributed by atoms with Crippen molar-refractivity contribution in [3.8, 4) is 0 Å². The van der Waals surface area contributed by atoms with E-state index in [0.29, 0.717) is 11.3 Å². The fraction of sp³-hybridized carbons (Fsp3) is 0.375. The Balaban J connectivity index is 3.28. The van der Waals surface area contributed by atoms with Gasteiger partial charge < -0.3 is 15.9 Å². The van der Waals surface area contributed by atoms with Gasteiger partial charge in [-0.15, -0.1) is 0 Å². The van der Waals surface area contributed by atoms with Crippen molar-refractivity contribution in [2.75, 3.05) is 12.3 Å². The van der Waals surface area contributed by atoms with Gasteiger partial charge in [0.25, 0.3) is 0 Å². The smallest absolute Gasteiger partial charge is 0.354 e. The van der Waals surface area contributed by atoms with Crippen LogP contribution >= 0.6 is 0 Å². The van der Waals surface area contributed by atoms with E-state index in [1.165, 1.54) is 0 Å². The molecule has 0 saturated heterocycles. The van der Waals surface area contributed by atoms with E-state index in [1.807, 2.05) is 0 Å². The maximum atomic E-state index is 10.8. The Morgan fingerprint density at radius 1 is 1.50 bits per heavy atom. The predicted octanol–water partition coefficient (Wildman–Crippen LogP) is -0.400. The van der Waals surface area contributed by atoms with Crippen LogP contribution in [0.1, 0.15) is 21.7 Å². The summed E-state index contributed by atoms with van der Waals surface area (Å²) in [5, 5.41) is 17.6. The van der Waals surface area contributed by atoms with Crippen LogP contribution in [0.2, 0.25) is 0 Å². The minimum Gasteiger partial charge on any atom is -0.476 e. The summed E-state index contributed by atoms with van der Waals surface area (Å²) in [4.78, 5) is 18.2. The van der Waals surface area contributed by atoms with Gasteiger partial charge in [-0.1, -0.05) is 0 Å². The minimum atomic E-state index is -1.16. The van der Waals surface area contributed by atoms with Crippen molar-refractivity contribution in [2.24, 2.45) is 0 Å². The monoisotopic (exact) mass is 197 g/mol. The fourth-order valence-corrected chi connectivity index (χ4v) is 1.21. The number of anilines is 1. The van der Waals surface area contributed by atoms with E-state index in [1.54, 1.807) is 6.92 Å². The van der Waals surface area contributed by atoms with E-state index in [0.717, 1.165) is 0 Å². The third-order valence-corrected chi connectivity index (χ3v) is 1.80. The van der Waals surface area contributed by atoms with Gasteiger partial charge in [-0.2, -0.15) is 0 Å². The number of rotatable bonds is 3. The maximum Gasteiger partial charge on any atom is 0.354 e. The summed E-state index contributed by atoms with van der Waals surface area (Å²) in [6, 6.07) is 0. The number of nitrogen functional groups attached to an aromatic ring is 1. The van der Waals surface area contributed by atoms with Gasteiger partial charge in [0.2, 0.25) is 5.95 Å². The first-order valence-corrected chi connectivity index (χ1v) is 4.03. The Morgan fingerprint density at radius 3 is 2.64 bits per heavy atom. The number of nitrogens with two attached hydrogens (primary N) is 1. The Morgan fingerprint density at radius 2 is 2.14 bits per heavy atom. The van der Waals surface area contributed by atoms with Crippen LogP contribution in [0.25, 0.3) is 0 Å². The number of aromatic nitrogens is 2. The van der Waals surface area contributed by atoms with E-state index in [-0.39, 0.29) is 24.7 Å². The van der Waals surface area contributed by atoms with Crippen LogP contribution in [0.4, 0.5) is 5.95 Å². The zero-order valence-electron chi connectivity index (χ0n) is 7.69. The number of carboxylic acids is 1. The van der Waals surface area contributed by atoms with Gasteiger partial charge in [0, 0.05) is 17.9 Å². The highest BCUT2D eigenvalue weighted by Gasteiger charge is 2.15. The highest BCUT2D eigenvalue weighted by Crippen LogP contribution is 2.12. The molecule has 0 aromatic carbocycles. The summed E-state index contributed by atoms with van der Waals surface area (Å²) in [5.41, 5.74) is 6.09. The second kappa shape index (κ2) is 4.01. The maximum absolute atomic E-state index is 10.8. The lowest BCUT2D eigenvalue weighted by molar-refractivity contribution is 0.0688. The summed E-state index contributed by atoms with van der Waals surface area (Å²) in [6.07, 6.45) is 0.216. The number of aliphatic hydroxyl groups is 1. The lowest BCUT2D eigenvalue weighted by atomic mass is 10.1. The molecule has 0 spiro atoms. The van der Waals surface area contributed by atoms with Crippen molar-refractivity contribution < 1.29 is 15.0 Å². The Bertz CT molecular complexity index is 365. The summed E-state index contributed by atoms with van der Waals surface area (Å²) in [7, 11) is 0. The standard InChI is InChI=1S/C8H11N3O3/c1-4-5(2-3-12)6(7(13)14)11-8(9)10-4/h12H,2-3H2,1H3,(H,13,14)(H2,9,10,11). The number of carbonyl (C=O) groups is 1. The number of hydrogen-bond donors (Lipinski definition) is 3. The first-order chi connectivity index (χ1) is 6.56. The molecule has 1 heterocycles. The lowest BCUT2D eigenvalue weighted by Gasteiger charge is -2.07. The molecule has 4 N–H and O–H groups in total. The minimum absolute atomic E-state index is 0.0680. The van der Waals surface area contributed by atoms with Gasteiger partial charge in [0.05, 0.1) is 0 Å². The van der Waals surface area contributed by atoms with Crippen LogP contribution in [-0.4, -0.2) is 32.8 Å². The molecule has 6 heteroatoms. The molecule has 0 radical (unpaired) electrons. The zero-order valence-corrected chi connectivity index (χ0v) is 7.69. The second-order valence-electron chi connectivity index (χ2n) is 2.77. The van der Waals surface area contributed by atoms with Gasteiger partial charge in [-0.3, -0.25) is 0 Å². The number of nitrogens with zero attached hydrogens (tertiary/aromatic N) is 2. The quantitative estimate of drug-likeness (QED) is 0.608. The van der Waals surface area contributed by atoms with E-state index in [9.17, 15) is 4.79 Å². The molecule has 0 aliphatic heterocycles. The van der Waals surface area contributed by atoms with Crippen LogP contribution in [0, 0.1) is 6.92 Å². The predicted molar refractivity (Wildman–Crippen MR) is 48.9 cm³/mol. The topological polar surface area (TPSA) is 109 Å². The van der Waals surface area contributed by atoms with Crippen LogP contribution < -0.4 is 5.73 Å². The van der Waals surface area contributed by atoms with E-state index in [2.05, 4.69) is 9.97 Å². The van der Waals surface area contributed by atoms with E-state index >= 15 is 0 Å². The van der Waals surface area contributed by atoms with Crippen LogP contribution in [-0.2, 0) is 6.42 Å². The molecule has 1 aromatic heterocycles. The van der Waals surface area contributed by atoms with Crippen molar-refractivity contribution in [2.45, 2.75) is 13.3 Å². The average molecular weight is 197 g/mol. The molecule has 76 valence electrons. The molecule has 14 heavy (non-hydrogen) atoms. The van der Waals surface area contributed by atoms with Gasteiger partial charge >= 0.3 is 5.97 Å². The third-order valence-electron chi connectivity index (χ3n) is 1.80. The summed E-state index contributed by atoms with van der Waals surface area (Å²) < 4.78 is 0. The first-order valence-electron chi connectivity index (χ1n) is 4.03. The summed E-state index contributed by atoms with van der Waals surface area (Å²) >= 11 is 0. The Hall–Kier alpha value is -1.69. The molecular weight excluding hydrogens is 186 g/mol. The Kier molecular flexibility index (Phi) is 2.98. The highest BCUT2D eigenvalue weighted by atomic mass is 16.4. The van der Waals surface area contributed by atoms with Gasteiger partial charge in [0.15, 0.2) is 5.69 Å². The molecule has 0 atom stereocenters. The third kappa shape index (κ3) is 1.97. The normalized spacial score (nSPS) is 10.1.